The van der Waals surface area contributed by atoms with Crippen molar-refractivity contribution < 1.29 is 13.2 Å². The van der Waals surface area contributed by atoms with E-state index in [1.54, 1.807) is 13.0 Å². The summed E-state index contributed by atoms with van der Waals surface area (Å²) in [7, 11) is 0. The third kappa shape index (κ3) is 4.30. The minimum atomic E-state index is -3.38. The monoisotopic (exact) mass is 204 g/mol. The maximum absolute atomic E-state index is 12.9. The Hall–Kier alpha value is -0.990. The Labute approximate surface area is 82.8 Å². The topological polar surface area (TPSA) is 0 Å². The highest BCUT2D eigenvalue weighted by atomic mass is 19.3. The molecule has 3 heteroatoms. The second-order valence-electron chi connectivity index (χ2n) is 2.80. The van der Waals surface area contributed by atoms with E-state index in [9.17, 15) is 13.2 Å². The van der Waals surface area contributed by atoms with Gasteiger partial charge in [0.05, 0.1) is 0 Å². The summed E-state index contributed by atoms with van der Waals surface area (Å²) in [5.41, 5.74) is -0.299. The van der Waals surface area contributed by atoms with Crippen molar-refractivity contribution in [1.29, 1.82) is 0 Å². The van der Waals surface area contributed by atoms with E-state index in [1.807, 2.05) is 6.92 Å². The Balaban J connectivity index is 4.76. The van der Waals surface area contributed by atoms with Crippen LogP contribution in [0.25, 0.3) is 0 Å². The van der Waals surface area contributed by atoms with Crippen LogP contribution in [-0.2, 0) is 0 Å². The molecule has 0 radical (unpaired) electrons. The molecular weight excluding hydrogens is 189 g/mol. The molecule has 0 atom stereocenters. The molecule has 0 bridgehead atoms. The molecule has 14 heavy (non-hydrogen) atoms. The highest BCUT2D eigenvalue weighted by Crippen LogP contribution is 2.25. The summed E-state index contributed by atoms with van der Waals surface area (Å²) >= 11 is 0. The van der Waals surface area contributed by atoms with Gasteiger partial charge in [-0.3, -0.25) is 0 Å². The molecule has 0 aromatic heterocycles. The number of halogens is 3. The molecule has 0 unspecified atom stereocenters. The fourth-order valence-corrected chi connectivity index (χ4v) is 0.864. The van der Waals surface area contributed by atoms with Crippen molar-refractivity contribution in [3.8, 4) is 0 Å². The molecular formula is C11H15F3. The van der Waals surface area contributed by atoms with E-state index in [-0.39, 0.29) is 5.57 Å². The van der Waals surface area contributed by atoms with Crippen molar-refractivity contribution in [2.24, 2.45) is 0 Å². The van der Waals surface area contributed by atoms with Crippen LogP contribution in [0.4, 0.5) is 13.2 Å². The van der Waals surface area contributed by atoms with Gasteiger partial charge in [-0.05, 0) is 13.3 Å². The van der Waals surface area contributed by atoms with Crippen LogP contribution in [0.15, 0.2) is 36.0 Å². The first-order chi connectivity index (χ1) is 6.58. The second-order valence-corrected chi connectivity index (χ2v) is 2.80. The predicted octanol–water partition coefficient (Wildman–Crippen LogP) is 4.06. The largest absolute Gasteiger partial charge is 0.301 e. The molecule has 0 N–H and O–H groups in total. The molecule has 0 aromatic rings. The van der Waals surface area contributed by atoms with Crippen LogP contribution in [0.1, 0.15) is 20.3 Å². The minimum absolute atomic E-state index is 0.299. The first-order valence-corrected chi connectivity index (χ1v) is 4.52. The van der Waals surface area contributed by atoms with Crippen LogP contribution in [0.2, 0.25) is 0 Å². The lowest BCUT2D eigenvalue weighted by Gasteiger charge is -2.12. The van der Waals surface area contributed by atoms with Crippen LogP contribution >= 0.6 is 0 Å². The van der Waals surface area contributed by atoms with Gasteiger partial charge in [0.25, 0.3) is 0 Å². The lowest BCUT2D eigenvalue weighted by atomic mass is 10.1. The molecule has 0 amide bonds. The summed E-state index contributed by atoms with van der Waals surface area (Å²) in [6.45, 7) is 1.85. The second kappa shape index (κ2) is 6.46. The van der Waals surface area contributed by atoms with Gasteiger partial charge in [-0.2, -0.15) is 8.78 Å². The van der Waals surface area contributed by atoms with Crippen molar-refractivity contribution in [3.05, 3.63) is 36.0 Å². The molecule has 80 valence electrons. The summed E-state index contributed by atoms with van der Waals surface area (Å²) in [4.78, 5) is 0. The van der Waals surface area contributed by atoms with Crippen molar-refractivity contribution in [2.45, 2.75) is 26.2 Å². The summed E-state index contributed by atoms with van der Waals surface area (Å²) in [5.74, 6) is -3.38. The first-order valence-electron chi connectivity index (χ1n) is 4.52. The Morgan fingerprint density at radius 2 is 2.00 bits per heavy atom. The zero-order valence-corrected chi connectivity index (χ0v) is 8.43. The van der Waals surface area contributed by atoms with Crippen molar-refractivity contribution in [1.82, 2.24) is 0 Å². The van der Waals surface area contributed by atoms with Gasteiger partial charge in [0, 0.05) is 5.57 Å². The Morgan fingerprint density at radius 3 is 2.43 bits per heavy atom. The quantitative estimate of drug-likeness (QED) is 0.592. The number of alkyl halides is 3. The van der Waals surface area contributed by atoms with Crippen LogP contribution in [0.5, 0.6) is 0 Å². The number of allylic oxidation sites excluding steroid dienone is 6. The molecule has 0 spiro atoms. The third-order valence-corrected chi connectivity index (χ3v) is 1.58. The van der Waals surface area contributed by atoms with Gasteiger partial charge < -0.3 is 0 Å². The molecule has 0 aliphatic carbocycles. The van der Waals surface area contributed by atoms with Gasteiger partial charge in [0.15, 0.2) is 6.67 Å². The first kappa shape index (κ1) is 13.0. The van der Waals surface area contributed by atoms with Crippen molar-refractivity contribution in [2.75, 3.05) is 6.67 Å². The Kier molecular flexibility index (Phi) is 6.00. The summed E-state index contributed by atoms with van der Waals surface area (Å²) < 4.78 is 37.8. The Bertz CT molecular complexity index is 237. The average molecular weight is 204 g/mol. The maximum Gasteiger partial charge on any atom is 0.301 e. The molecule has 0 aliphatic rings. The van der Waals surface area contributed by atoms with Gasteiger partial charge in [0.1, 0.15) is 0 Å². The molecule has 0 heterocycles. The van der Waals surface area contributed by atoms with Crippen LogP contribution < -0.4 is 0 Å². The fraction of sp³-hybridized carbons (Fsp3) is 0.455. The lowest BCUT2D eigenvalue weighted by molar-refractivity contribution is 0.0188. The van der Waals surface area contributed by atoms with Crippen molar-refractivity contribution >= 4 is 0 Å². The summed E-state index contributed by atoms with van der Waals surface area (Å²) in [6.07, 6.45) is 7.94. The molecule has 0 nitrogen and oxygen atoms in total. The van der Waals surface area contributed by atoms with E-state index in [1.165, 1.54) is 24.3 Å². The van der Waals surface area contributed by atoms with Crippen LogP contribution in [0, 0.1) is 0 Å². The van der Waals surface area contributed by atoms with Gasteiger partial charge in [0.2, 0.25) is 0 Å². The molecule has 0 aliphatic heterocycles. The number of hydrogen-bond donors (Lipinski definition) is 0. The van der Waals surface area contributed by atoms with Crippen molar-refractivity contribution in [3.63, 3.8) is 0 Å². The number of rotatable bonds is 5. The van der Waals surface area contributed by atoms with Gasteiger partial charge in [-0.15, -0.1) is 0 Å². The highest BCUT2D eigenvalue weighted by molar-refractivity contribution is 5.30. The van der Waals surface area contributed by atoms with E-state index in [0.29, 0.717) is 0 Å². The SMILES string of the molecule is C\C=C/C(=C\C=C\CC)C(F)(F)CF. The molecule has 0 saturated carbocycles. The van der Waals surface area contributed by atoms with Gasteiger partial charge in [-0.1, -0.05) is 37.3 Å². The zero-order valence-electron chi connectivity index (χ0n) is 8.43. The molecule has 0 rings (SSSR count). The lowest BCUT2D eigenvalue weighted by Crippen LogP contribution is -2.20. The van der Waals surface area contributed by atoms with E-state index in [0.717, 1.165) is 6.42 Å². The average Bonchev–Trinajstić information content (AvgIpc) is 2.17. The third-order valence-electron chi connectivity index (χ3n) is 1.58. The fourth-order valence-electron chi connectivity index (χ4n) is 0.864. The van der Waals surface area contributed by atoms with E-state index < -0.39 is 12.6 Å². The number of hydrogen-bond acceptors (Lipinski definition) is 0. The standard InChI is InChI=1S/C11H15F3/c1-3-5-6-8-10(7-4-2)11(13,14)9-12/h4-8H,3,9H2,1-2H3/b6-5+,7-4-,10-8+. The van der Waals surface area contributed by atoms with Crippen LogP contribution in [-0.4, -0.2) is 12.6 Å². The van der Waals surface area contributed by atoms with Crippen LogP contribution in [0.3, 0.4) is 0 Å². The van der Waals surface area contributed by atoms with E-state index >= 15 is 0 Å². The predicted molar refractivity (Wildman–Crippen MR) is 53.3 cm³/mol. The molecule has 0 saturated heterocycles. The van der Waals surface area contributed by atoms with Gasteiger partial charge in [-0.25, -0.2) is 4.39 Å². The van der Waals surface area contributed by atoms with E-state index in [4.69, 9.17) is 0 Å². The summed E-state index contributed by atoms with van der Waals surface area (Å²) in [5, 5.41) is 0. The van der Waals surface area contributed by atoms with E-state index in [2.05, 4.69) is 0 Å². The maximum atomic E-state index is 12.9. The normalized spacial score (nSPS) is 14.5. The molecule has 0 fully saturated rings. The zero-order chi connectivity index (χ0) is 11.0. The minimum Gasteiger partial charge on any atom is -0.244 e. The Morgan fingerprint density at radius 1 is 1.36 bits per heavy atom. The molecule has 0 aromatic carbocycles. The summed E-state index contributed by atoms with van der Waals surface area (Å²) in [6, 6.07) is 0. The smallest absolute Gasteiger partial charge is 0.244 e. The highest BCUT2D eigenvalue weighted by Gasteiger charge is 2.31. The van der Waals surface area contributed by atoms with Gasteiger partial charge >= 0.3 is 5.92 Å².